The Morgan fingerprint density at radius 3 is 2.25 bits per heavy atom. The van der Waals surface area contributed by atoms with Crippen LogP contribution < -0.4 is 0 Å². The number of aliphatic hydroxyl groups is 2. The molecule has 2 aromatic rings. The molecule has 0 bridgehead atoms. The zero-order chi connectivity index (χ0) is 14.4. The molecule has 0 aromatic heterocycles. The molecule has 2 nitrogen and oxygen atoms in total. The van der Waals surface area contributed by atoms with E-state index in [1.807, 2.05) is 61.5 Å². The molecular weight excluding hydrogens is 248 g/mol. The Kier molecular flexibility index (Phi) is 4.95. The minimum atomic E-state index is -0.885. The average Bonchev–Trinajstić information content (AvgIpc) is 2.48. The van der Waals surface area contributed by atoms with Gasteiger partial charge in [0.05, 0.1) is 6.61 Å². The summed E-state index contributed by atoms with van der Waals surface area (Å²) in [4.78, 5) is 0. The van der Waals surface area contributed by atoms with Gasteiger partial charge in [0.15, 0.2) is 0 Å². The topological polar surface area (TPSA) is 40.5 Å². The molecule has 0 aliphatic carbocycles. The standard InChI is InChI=1S/C18H18O2/c1-14-7-9-15(10-8-14)11-12-18(20)17(13-19)16-5-3-2-4-6-16/h2-10,17-20H,13H2,1H3/t17-,18-/m1/s1. The van der Waals surface area contributed by atoms with Gasteiger partial charge in [0.25, 0.3) is 0 Å². The van der Waals surface area contributed by atoms with Crippen molar-refractivity contribution in [1.29, 1.82) is 0 Å². The fourth-order valence-electron chi connectivity index (χ4n) is 1.98. The predicted octanol–water partition coefficient (Wildman–Crippen LogP) is 2.48. The molecule has 0 spiro atoms. The lowest BCUT2D eigenvalue weighted by molar-refractivity contribution is 0.148. The van der Waals surface area contributed by atoms with Crippen molar-refractivity contribution in [2.24, 2.45) is 0 Å². The number of aliphatic hydroxyl groups excluding tert-OH is 2. The predicted molar refractivity (Wildman–Crippen MR) is 80.3 cm³/mol. The third kappa shape index (κ3) is 3.71. The first-order valence-electron chi connectivity index (χ1n) is 6.63. The van der Waals surface area contributed by atoms with Gasteiger partial charge in [-0.15, -0.1) is 0 Å². The van der Waals surface area contributed by atoms with Gasteiger partial charge in [-0.05, 0) is 24.6 Å². The van der Waals surface area contributed by atoms with Gasteiger partial charge in [-0.3, -0.25) is 0 Å². The van der Waals surface area contributed by atoms with Gasteiger partial charge in [-0.2, -0.15) is 0 Å². The molecule has 2 aromatic carbocycles. The molecule has 0 fully saturated rings. The molecule has 0 saturated heterocycles. The minimum Gasteiger partial charge on any atom is -0.396 e. The highest BCUT2D eigenvalue weighted by molar-refractivity contribution is 5.37. The first-order chi connectivity index (χ1) is 9.70. The van der Waals surface area contributed by atoms with E-state index in [2.05, 4.69) is 11.8 Å². The third-order valence-electron chi connectivity index (χ3n) is 3.22. The molecule has 0 amide bonds. The normalized spacial score (nSPS) is 13.2. The van der Waals surface area contributed by atoms with Crippen LogP contribution >= 0.6 is 0 Å². The summed E-state index contributed by atoms with van der Waals surface area (Å²) in [6.45, 7) is 1.89. The van der Waals surface area contributed by atoms with Crippen LogP contribution in [0.2, 0.25) is 0 Å². The van der Waals surface area contributed by atoms with Crippen molar-refractivity contribution in [2.45, 2.75) is 18.9 Å². The van der Waals surface area contributed by atoms with Crippen molar-refractivity contribution >= 4 is 0 Å². The molecule has 20 heavy (non-hydrogen) atoms. The third-order valence-corrected chi connectivity index (χ3v) is 3.22. The highest BCUT2D eigenvalue weighted by Gasteiger charge is 2.18. The summed E-state index contributed by atoms with van der Waals surface area (Å²) in [5.41, 5.74) is 2.92. The molecule has 0 aliphatic rings. The monoisotopic (exact) mass is 266 g/mol. The van der Waals surface area contributed by atoms with Crippen LogP contribution in [0.4, 0.5) is 0 Å². The van der Waals surface area contributed by atoms with Crippen LogP contribution in [0.15, 0.2) is 54.6 Å². The van der Waals surface area contributed by atoms with E-state index in [1.54, 1.807) is 0 Å². The van der Waals surface area contributed by atoms with Crippen LogP contribution in [-0.2, 0) is 0 Å². The van der Waals surface area contributed by atoms with E-state index in [0.717, 1.165) is 11.1 Å². The van der Waals surface area contributed by atoms with Crippen LogP contribution in [0.5, 0.6) is 0 Å². The number of benzene rings is 2. The molecule has 102 valence electrons. The minimum absolute atomic E-state index is 0.131. The van der Waals surface area contributed by atoms with Crippen molar-refractivity contribution in [3.8, 4) is 11.8 Å². The largest absolute Gasteiger partial charge is 0.396 e. The van der Waals surface area contributed by atoms with E-state index in [0.29, 0.717) is 0 Å². The second-order valence-corrected chi connectivity index (χ2v) is 4.78. The maximum atomic E-state index is 10.1. The van der Waals surface area contributed by atoms with E-state index >= 15 is 0 Å². The molecule has 0 aliphatic heterocycles. The van der Waals surface area contributed by atoms with Gasteiger partial charge in [-0.1, -0.05) is 59.9 Å². The highest BCUT2D eigenvalue weighted by atomic mass is 16.3. The zero-order valence-corrected chi connectivity index (χ0v) is 11.5. The smallest absolute Gasteiger partial charge is 0.124 e. The number of hydrogen-bond acceptors (Lipinski definition) is 2. The zero-order valence-electron chi connectivity index (χ0n) is 11.5. The summed E-state index contributed by atoms with van der Waals surface area (Å²) in [7, 11) is 0. The van der Waals surface area contributed by atoms with Crippen molar-refractivity contribution < 1.29 is 10.2 Å². The molecule has 0 radical (unpaired) electrons. The van der Waals surface area contributed by atoms with Gasteiger partial charge >= 0.3 is 0 Å². The summed E-state index contributed by atoms with van der Waals surface area (Å²) < 4.78 is 0. The van der Waals surface area contributed by atoms with Gasteiger partial charge in [0, 0.05) is 11.5 Å². The summed E-state index contributed by atoms with van der Waals surface area (Å²) in [5, 5.41) is 19.6. The lowest BCUT2D eigenvalue weighted by atomic mass is 9.94. The maximum Gasteiger partial charge on any atom is 0.124 e. The molecule has 2 N–H and O–H groups in total. The highest BCUT2D eigenvalue weighted by Crippen LogP contribution is 2.18. The van der Waals surface area contributed by atoms with Crippen LogP contribution in [0.1, 0.15) is 22.6 Å². The Hall–Kier alpha value is -2.08. The van der Waals surface area contributed by atoms with Crippen LogP contribution in [-0.4, -0.2) is 22.9 Å². The second kappa shape index (κ2) is 6.91. The Labute approximate surface area is 119 Å². The summed E-state index contributed by atoms with van der Waals surface area (Å²) in [6.07, 6.45) is -0.885. The summed E-state index contributed by atoms with van der Waals surface area (Å²) in [6, 6.07) is 17.3. The molecule has 2 rings (SSSR count). The second-order valence-electron chi connectivity index (χ2n) is 4.78. The van der Waals surface area contributed by atoms with Crippen LogP contribution in [0.3, 0.4) is 0 Å². The Bertz CT molecular complexity index is 591. The van der Waals surface area contributed by atoms with Crippen molar-refractivity contribution in [2.75, 3.05) is 6.61 Å². The van der Waals surface area contributed by atoms with E-state index in [1.165, 1.54) is 5.56 Å². The van der Waals surface area contributed by atoms with Gasteiger partial charge < -0.3 is 10.2 Å². The summed E-state index contributed by atoms with van der Waals surface area (Å²) in [5.74, 6) is 5.38. The Morgan fingerprint density at radius 2 is 1.65 bits per heavy atom. The van der Waals surface area contributed by atoms with Gasteiger partial charge in [-0.25, -0.2) is 0 Å². The molecule has 0 heterocycles. The fourth-order valence-corrected chi connectivity index (χ4v) is 1.98. The molecule has 0 unspecified atom stereocenters. The average molecular weight is 266 g/mol. The van der Waals surface area contributed by atoms with E-state index < -0.39 is 6.10 Å². The van der Waals surface area contributed by atoms with E-state index in [-0.39, 0.29) is 12.5 Å². The SMILES string of the molecule is Cc1ccc(C#C[C@@H](O)[C@H](CO)c2ccccc2)cc1. The van der Waals surface area contributed by atoms with Crippen molar-refractivity contribution in [3.63, 3.8) is 0 Å². The van der Waals surface area contributed by atoms with Gasteiger partial charge in [0.2, 0.25) is 0 Å². The van der Waals surface area contributed by atoms with Crippen molar-refractivity contribution in [3.05, 3.63) is 71.3 Å². The first kappa shape index (κ1) is 14.3. The lowest BCUT2D eigenvalue weighted by Crippen LogP contribution is -2.20. The fraction of sp³-hybridized carbons (Fsp3) is 0.222. The van der Waals surface area contributed by atoms with Crippen molar-refractivity contribution in [1.82, 2.24) is 0 Å². The Morgan fingerprint density at radius 1 is 1.00 bits per heavy atom. The molecule has 2 heteroatoms. The molecule has 0 saturated carbocycles. The molecular formula is C18H18O2. The van der Waals surface area contributed by atoms with Crippen LogP contribution in [0.25, 0.3) is 0 Å². The van der Waals surface area contributed by atoms with Crippen LogP contribution in [0, 0.1) is 18.8 Å². The lowest BCUT2D eigenvalue weighted by Gasteiger charge is -2.16. The number of aryl methyl sites for hydroxylation is 1. The molecule has 2 atom stereocenters. The van der Waals surface area contributed by atoms with E-state index in [4.69, 9.17) is 0 Å². The number of hydrogen-bond donors (Lipinski definition) is 2. The number of rotatable bonds is 3. The summed E-state index contributed by atoms with van der Waals surface area (Å²) >= 11 is 0. The first-order valence-corrected chi connectivity index (χ1v) is 6.63. The Balaban J connectivity index is 2.14. The van der Waals surface area contributed by atoms with Gasteiger partial charge in [0.1, 0.15) is 6.10 Å². The maximum absolute atomic E-state index is 10.1. The quantitative estimate of drug-likeness (QED) is 0.838. The van der Waals surface area contributed by atoms with E-state index in [9.17, 15) is 10.2 Å².